The van der Waals surface area contributed by atoms with Crippen LogP contribution in [0, 0.1) is 0 Å². The Balaban J connectivity index is 1.28. The fourth-order valence-electron chi connectivity index (χ4n) is 5.10. The predicted octanol–water partition coefficient (Wildman–Crippen LogP) is 3.89. The number of carbonyl (C=O) groups is 6. The van der Waals surface area contributed by atoms with Gasteiger partial charge in [0.15, 0.2) is 13.2 Å². The number of anilines is 2. The number of benzene rings is 4. The zero-order valence-corrected chi connectivity index (χ0v) is 26.5. The van der Waals surface area contributed by atoms with E-state index in [1.807, 2.05) is 0 Å². The number of imide groups is 1. The fraction of sp³-hybridized carbons (Fsp3) is 0.167. The number of nitrogens with one attached hydrogen (secondary N) is 2. The van der Waals surface area contributed by atoms with Gasteiger partial charge in [0.2, 0.25) is 0 Å². The molecule has 1 atom stereocenters. The van der Waals surface area contributed by atoms with E-state index in [0.29, 0.717) is 28.4 Å². The first-order chi connectivity index (χ1) is 23.7. The van der Waals surface area contributed by atoms with E-state index < -0.39 is 54.8 Å². The summed E-state index contributed by atoms with van der Waals surface area (Å²) in [6, 6.07) is 24.3. The Bertz CT molecular complexity index is 1910. The third-order valence-corrected chi connectivity index (χ3v) is 7.45. The summed E-state index contributed by atoms with van der Waals surface area (Å²) in [6.07, 6.45) is -0.102. The Morgan fingerprint density at radius 1 is 0.653 bits per heavy atom. The molecular formula is C36H31N3O10. The van der Waals surface area contributed by atoms with Crippen molar-refractivity contribution in [1.82, 2.24) is 4.90 Å². The van der Waals surface area contributed by atoms with Crippen molar-refractivity contribution >= 4 is 46.9 Å². The van der Waals surface area contributed by atoms with Gasteiger partial charge in [0.25, 0.3) is 23.6 Å². The molecular weight excluding hydrogens is 634 g/mol. The lowest BCUT2D eigenvalue weighted by Gasteiger charge is -2.24. The minimum Gasteiger partial charge on any atom is -0.495 e. The maximum Gasteiger partial charge on any atom is 0.338 e. The molecule has 4 aromatic carbocycles. The molecule has 0 aromatic heterocycles. The van der Waals surface area contributed by atoms with Gasteiger partial charge in [-0.15, -0.1) is 0 Å². The lowest BCUT2D eigenvalue weighted by Crippen LogP contribution is -2.47. The first kappa shape index (κ1) is 33.9. The molecule has 13 heteroatoms. The molecule has 1 aliphatic heterocycles. The molecule has 0 saturated carbocycles. The minimum atomic E-state index is -1.44. The van der Waals surface area contributed by atoms with Gasteiger partial charge < -0.3 is 29.6 Å². The summed E-state index contributed by atoms with van der Waals surface area (Å²) in [5.74, 6) is -4.03. The number of amides is 4. The number of para-hydroxylation sites is 4. The second kappa shape index (κ2) is 15.4. The van der Waals surface area contributed by atoms with Crippen molar-refractivity contribution in [3.05, 3.63) is 119 Å². The van der Waals surface area contributed by atoms with E-state index in [0.717, 1.165) is 4.90 Å². The van der Waals surface area contributed by atoms with Gasteiger partial charge in [-0.1, -0.05) is 54.6 Å². The van der Waals surface area contributed by atoms with Crippen LogP contribution in [0.1, 0.15) is 36.6 Å². The van der Waals surface area contributed by atoms with Crippen LogP contribution < -0.4 is 20.1 Å². The lowest BCUT2D eigenvalue weighted by atomic mass is 10.0. The van der Waals surface area contributed by atoms with Crippen molar-refractivity contribution in [2.75, 3.05) is 38.1 Å². The van der Waals surface area contributed by atoms with Gasteiger partial charge in [0, 0.05) is 6.42 Å². The number of methoxy groups -OCH3 is 2. The maximum atomic E-state index is 13.7. The van der Waals surface area contributed by atoms with Crippen molar-refractivity contribution in [1.29, 1.82) is 0 Å². The molecule has 1 heterocycles. The molecule has 4 aromatic rings. The largest absolute Gasteiger partial charge is 0.495 e. The first-order valence-corrected chi connectivity index (χ1v) is 15.0. The van der Waals surface area contributed by atoms with Gasteiger partial charge in [-0.25, -0.2) is 9.59 Å². The zero-order chi connectivity index (χ0) is 34.9. The van der Waals surface area contributed by atoms with Gasteiger partial charge in [-0.2, -0.15) is 0 Å². The van der Waals surface area contributed by atoms with Gasteiger partial charge in [0.1, 0.15) is 17.5 Å². The van der Waals surface area contributed by atoms with E-state index in [1.54, 1.807) is 78.9 Å². The first-order valence-electron chi connectivity index (χ1n) is 15.0. The second-order valence-electron chi connectivity index (χ2n) is 10.6. The van der Waals surface area contributed by atoms with Crippen molar-refractivity contribution in [3.63, 3.8) is 0 Å². The second-order valence-corrected chi connectivity index (χ2v) is 10.6. The fourth-order valence-corrected chi connectivity index (χ4v) is 5.10. The molecule has 13 nitrogen and oxygen atoms in total. The quantitative estimate of drug-likeness (QED) is 0.158. The maximum absolute atomic E-state index is 13.7. The zero-order valence-electron chi connectivity index (χ0n) is 26.5. The van der Waals surface area contributed by atoms with Crippen LogP contribution in [-0.2, 0) is 30.3 Å². The van der Waals surface area contributed by atoms with Gasteiger partial charge in [-0.3, -0.25) is 24.1 Å². The van der Waals surface area contributed by atoms with Crippen molar-refractivity contribution in [3.8, 4) is 11.5 Å². The Labute approximate surface area is 280 Å². The molecule has 0 aliphatic carbocycles. The minimum absolute atomic E-state index is 0.0461. The highest BCUT2D eigenvalue weighted by atomic mass is 16.5. The Kier molecular flexibility index (Phi) is 10.6. The van der Waals surface area contributed by atoms with Crippen LogP contribution in [0.2, 0.25) is 0 Å². The molecule has 1 aliphatic rings. The summed E-state index contributed by atoms with van der Waals surface area (Å²) in [5, 5.41) is 5.18. The molecule has 0 fully saturated rings. The summed E-state index contributed by atoms with van der Waals surface area (Å²) < 4.78 is 20.9. The predicted molar refractivity (Wildman–Crippen MR) is 175 cm³/mol. The van der Waals surface area contributed by atoms with Crippen LogP contribution in [0.4, 0.5) is 11.4 Å². The van der Waals surface area contributed by atoms with Crippen LogP contribution in [0.5, 0.6) is 11.5 Å². The van der Waals surface area contributed by atoms with Crippen molar-refractivity contribution in [2.24, 2.45) is 0 Å². The summed E-state index contributed by atoms with van der Waals surface area (Å²) >= 11 is 0. The van der Waals surface area contributed by atoms with E-state index in [-0.39, 0.29) is 23.1 Å². The summed E-state index contributed by atoms with van der Waals surface area (Å²) in [5.41, 5.74) is 1.08. The molecule has 0 saturated heterocycles. The number of rotatable bonds is 13. The molecule has 5 rings (SSSR count). The van der Waals surface area contributed by atoms with E-state index in [9.17, 15) is 28.8 Å². The number of hydrogen-bond acceptors (Lipinski definition) is 10. The van der Waals surface area contributed by atoms with Crippen LogP contribution in [0.15, 0.2) is 97.1 Å². The monoisotopic (exact) mass is 665 g/mol. The highest BCUT2D eigenvalue weighted by molar-refractivity contribution is 6.23. The SMILES string of the molecule is COc1ccccc1NC(=O)COC(=O)c1ccc2c(c1)C(=O)N([C@H](Cc1ccccc1)C(=O)OCC(=O)Nc1ccccc1OC)C2=O. The van der Waals surface area contributed by atoms with Crippen molar-refractivity contribution < 1.29 is 47.7 Å². The summed E-state index contributed by atoms with van der Waals surface area (Å²) in [6.45, 7) is -1.34. The van der Waals surface area contributed by atoms with E-state index in [2.05, 4.69) is 10.6 Å². The van der Waals surface area contributed by atoms with E-state index in [4.69, 9.17) is 18.9 Å². The third kappa shape index (κ3) is 7.91. The summed E-state index contributed by atoms with van der Waals surface area (Å²) in [4.78, 5) is 79.3. The number of fused-ring (bicyclic) bond motifs is 1. The topological polar surface area (TPSA) is 167 Å². The van der Waals surface area contributed by atoms with E-state index in [1.165, 1.54) is 32.4 Å². The van der Waals surface area contributed by atoms with Gasteiger partial charge >= 0.3 is 11.9 Å². The van der Waals surface area contributed by atoms with Crippen molar-refractivity contribution in [2.45, 2.75) is 12.5 Å². The van der Waals surface area contributed by atoms with E-state index >= 15 is 0 Å². The Morgan fingerprint density at radius 2 is 1.18 bits per heavy atom. The van der Waals surface area contributed by atoms with Gasteiger partial charge in [-0.05, 0) is 48.0 Å². The molecule has 0 unspecified atom stereocenters. The highest BCUT2D eigenvalue weighted by Gasteiger charge is 2.44. The smallest absolute Gasteiger partial charge is 0.338 e. The normalized spacial score (nSPS) is 12.4. The average Bonchev–Trinajstić information content (AvgIpc) is 3.37. The average molecular weight is 666 g/mol. The van der Waals surface area contributed by atoms with Gasteiger partial charge in [0.05, 0.1) is 42.3 Å². The van der Waals surface area contributed by atoms with Crippen LogP contribution in [-0.4, -0.2) is 73.9 Å². The van der Waals surface area contributed by atoms with Crippen LogP contribution in [0.25, 0.3) is 0 Å². The molecule has 49 heavy (non-hydrogen) atoms. The van der Waals surface area contributed by atoms with Crippen LogP contribution >= 0.6 is 0 Å². The standard InChI is InChI=1S/C36H31N3O10/c1-46-29-14-8-6-12-26(29)37-31(40)20-48-35(44)23-16-17-24-25(19-23)34(43)39(33(24)42)28(18-22-10-4-3-5-11-22)36(45)49-21-32(41)38-27-13-7-9-15-30(27)47-2/h3-17,19,28H,18,20-21H2,1-2H3,(H,37,40)(H,38,41)/t28-/m1/s1. The Hall–Kier alpha value is -6.50. The number of ether oxygens (including phenoxy) is 4. The number of carbonyl (C=O) groups excluding carboxylic acids is 6. The number of hydrogen-bond donors (Lipinski definition) is 2. The summed E-state index contributed by atoms with van der Waals surface area (Å²) in [7, 11) is 2.89. The molecule has 0 spiro atoms. The Morgan fingerprint density at radius 3 is 1.78 bits per heavy atom. The number of esters is 2. The van der Waals surface area contributed by atoms with Crippen LogP contribution in [0.3, 0.4) is 0 Å². The molecule has 0 bridgehead atoms. The third-order valence-electron chi connectivity index (χ3n) is 7.45. The lowest BCUT2D eigenvalue weighted by molar-refractivity contribution is -0.151. The highest BCUT2D eigenvalue weighted by Crippen LogP contribution is 2.29. The number of nitrogens with zero attached hydrogens (tertiary/aromatic N) is 1. The molecule has 250 valence electrons. The molecule has 0 radical (unpaired) electrons. The molecule has 4 amide bonds. The molecule has 2 N–H and O–H groups in total.